The van der Waals surface area contributed by atoms with Crippen molar-refractivity contribution in [3.05, 3.63) is 24.3 Å². The van der Waals surface area contributed by atoms with E-state index >= 15 is 0 Å². The summed E-state index contributed by atoms with van der Waals surface area (Å²) in [6.45, 7) is 11.9. The Morgan fingerprint density at radius 1 is 1.12 bits per heavy atom. The Balaban J connectivity index is 1.42. The highest BCUT2D eigenvalue weighted by Gasteiger charge is 2.19. The number of piperidine rings is 1. The largest absolute Gasteiger partial charge is 0.369 e. The van der Waals surface area contributed by atoms with Gasteiger partial charge in [0.05, 0.1) is 0 Å². The third-order valence-corrected chi connectivity index (χ3v) is 5.71. The topological polar surface area (TPSA) is 47.6 Å². The van der Waals surface area contributed by atoms with E-state index in [0.717, 1.165) is 37.8 Å². The lowest BCUT2D eigenvalue weighted by atomic mass is 9.94. The third-order valence-electron chi connectivity index (χ3n) is 5.71. The summed E-state index contributed by atoms with van der Waals surface area (Å²) in [6, 6.07) is 8.28. The molecule has 0 spiro atoms. The van der Waals surface area contributed by atoms with Crippen molar-refractivity contribution in [2.45, 2.75) is 33.1 Å². The Hall–Kier alpha value is -1.59. The lowest BCUT2D eigenvalue weighted by molar-refractivity contribution is -0.118. The first-order chi connectivity index (χ1) is 12.6. The Bertz CT molecular complexity index is 558. The zero-order valence-corrected chi connectivity index (χ0v) is 16.3. The zero-order chi connectivity index (χ0) is 18.4. The molecule has 0 aliphatic carbocycles. The number of amides is 1. The van der Waals surface area contributed by atoms with Crippen molar-refractivity contribution < 1.29 is 4.79 Å². The minimum Gasteiger partial charge on any atom is -0.369 e. The van der Waals surface area contributed by atoms with Gasteiger partial charge in [0.2, 0.25) is 5.91 Å². The molecule has 2 aliphatic heterocycles. The van der Waals surface area contributed by atoms with E-state index in [0.29, 0.717) is 0 Å². The fourth-order valence-electron chi connectivity index (χ4n) is 3.81. The number of hydrogen-bond acceptors (Lipinski definition) is 4. The van der Waals surface area contributed by atoms with E-state index in [9.17, 15) is 4.79 Å². The van der Waals surface area contributed by atoms with Crippen molar-refractivity contribution in [3.8, 4) is 0 Å². The summed E-state index contributed by atoms with van der Waals surface area (Å²) in [5, 5.41) is 6.41. The summed E-state index contributed by atoms with van der Waals surface area (Å²) in [7, 11) is 0. The highest BCUT2D eigenvalue weighted by atomic mass is 16.1. The van der Waals surface area contributed by atoms with E-state index in [1.807, 2.05) is 26.0 Å². The van der Waals surface area contributed by atoms with E-state index in [1.54, 1.807) is 0 Å². The van der Waals surface area contributed by atoms with E-state index < -0.39 is 0 Å². The molecule has 0 bridgehead atoms. The minimum atomic E-state index is 0.00706. The van der Waals surface area contributed by atoms with Gasteiger partial charge in [-0.05, 0) is 69.1 Å². The van der Waals surface area contributed by atoms with Crippen LogP contribution in [0.3, 0.4) is 0 Å². The van der Waals surface area contributed by atoms with Gasteiger partial charge >= 0.3 is 0 Å². The number of rotatable bonds is 6. The first kappa shape index (κ1) is 19.2. The Kier molecular flexibility index (Phi) is 6.92. The average molecular weight is 359 g/mol. The van der Waals surface area contributed by atoms with Gasteiger partial charge in [0.25, 0.3) is 0 Å². The standard InChI is InChI=1S/C21H34N4O/c1-17(2)21(26)23-19-3-5-20(6-4-19)25-15-13-24(14-16-25)12-9-18-7-10-22-11-8-18/h3-6,17-18,22H,7-16H2,1-2H3,(H,23,26). The quantitative estimate of drug-likeness (QED) is 0.821. The number of piperazine rings is 1. The lowest BCUT2D eigenvalue weighted by Crippen LogP contribution is -2.47. The molecule has 2 saturated heterocycles. The summed E-state index contributed by atoms with van der Waals surface area (Å²) in [4.78, 5) is 16.9. The van der Waals surface area contributed by atoms with Crippen LogP contribution in [0, 0.1) is 11.8 Å². The van der Waals surface area contributed by atoms with E-state index in [-0.39, 0.29) is 11.8 Å². The average Bonchev–Trinajstić information content (AvgIpc) is 2.68. The maximum absolute atomic E-state index is 11.8. The molecule has 5 heteroatoms. The summed E-state index contributed by atoms with van der Waals surface area (Å²) in [5.74, 6) is 0.996. The third kappa shape index (κ3) is 5.45. The molecule has 1 aromatic carbocycles. The fraction of sp³-hybridized carbons (Fsp3) is 0.667. The molecule has 0 unspecified atom stereocenters. The molecule has 2 heterocycles. The lowest BCUT2D eigenvalue weighted by Gasteiger charge is -2.37. The van der Waals surface area contributed by atoms with Gasteiger partial charge < -0.3 is 15.5 Å². The predicted molar refractivity (Wildman–Crippen MR) is 109 cm³/mol. The van der Waals surface area contributed by atoms with Crippen LogP contribution < -0.4 is 15.5 Å². The van der Waals surface area contributed by atoms with Crippen LogP contribution in [0.2, 0.25) is 0 Å². The summed E-state index contributed by atoms with van der Waals surface area (Å²) < 4.78 is 0. The van der Waals surface area contributed by atoms with Gasteiger partial charge in [-0.2, -0.15) is 0 Å². The number of carbonyl (C=O) groups is 1. The van der Waals surface area contributed by atoms with Crippen LogP contribution in [0.4, 0.5) is 11.4 Å². The predicted octanol–water partition coefficient (Wildman–Crippen LogP) is 2.79. The van der Waals surface area contributed by atoms with E-state index in [2.05, 4.69) is 32.6 Å². The molecule has 0 aromatic heterocycles. The monoisotopic (exact) mass is 358 g/mol. The molecule has 1 aromatic rings. The van der Waals surface area contributed by atoms with Crippen molar-refractivity contribution in [2.24, 2.45) is 11.8 Å². The highest BCUT2D eigenvalue weighted by Crippen LogP contribution is 2.21. The van der Waals surface area contributed by atoms with Crippen molar-refractivity contribution in [2.75, 3.05) is 56.0 Å². The Labute approximate surface area is 158 Å². The molecule has 2 N–H and O–H groups in total. The zero-order valence-electron chi connectivity index (χ0n) is 16.3. The second-order valence-corrected chi connectivity index (χ2v) is 8.00. The minimum absolute atomic E-state index is 0.00706. The van der Waals surface area contributed by atoms with Crippen LogP contribution in [-0.2, 0) is 4.79 Å². The number of benzene rings is 1. The number of carbonyl (C=O) groups excluding carboxylic acids is 1. The Morgan fingerprint density at radius 3 is 2.38 bits per heavy atom. The van der Waals surface area contributed by atoms with Crippen LogP contribution in [-0.4, -0.2) is 56.6 Å². The second-order valence-electron chi connectivity index (χ2n) is 8.00. The molecule has 3 rings (SSSR count). The Morgan fingerprint density at radius 2 is 1.77 bits per heavy atom. The normalized spacial score (nSPS) is 19.7. The van der Waals surface area contributed by atoms with Gasteiger partial charge in [-0.25, -0.2) is 0 Å². The summed E-state index contributed by atoms with van der Waals surface area (Å²) in [5.41, 5.74) is 2.14. The molecule has 0 saturated carbocycles. The van der Waals surface area contributed by atoms with Crippen LogP contribution in [0.1, 0.15) is 33.1 Å². The van der Waals surface area contributed by atoms with Crippen molar-refractivity contribution in [1.82, 2.24) is 10.2 Å². The summed E-state index contributed by atoms with van der Waals surface area (Å²) >= 11 is 0. The molecule has 0 radical (unpaired) electrons. The fourth-order valence-corrected chi connectivity index (χ4v) is 3.81. The molecule has 2 aliphatic rings. The van der Waals surface area contributed by atoms with Crippen LogP contribution >= 0.6 is 0 Å². The molecule has 1 amide bonds. The van der Waals surface area contributed by atoms with Gasteiger partial charge in [-0.15, -0.1) is 0 Å². The van der Waals surface area contributed by atoms with E-state index in [1.165, 1.54) is 44.6 Å². The number of nitrogens with one attached hydrogen (secondary N) is 2. The molecule has 144 valence electrons. The second kappa shape index (κ2) is 9.38. The molecule has 5 nitrogen and oxygen atoms in total. The highest BCUT2D eigenvalue weighted by molar-refractivity contribution is 5.92. The smallest absolute Gasteiger partial charge is 0.226 e. The summed E-state index contributed by atoms with van der Waals surface area (Å²) in [6.07, 6.45) is 4.05. The number of hydrogen-bond donors (Lipinski definition) is 2. The van der Waals surface area contributed by atoms with Gasteiger partial charge in [0.1, 0.15) is 0 Å². The van der Waals surface area contributed by atoms with Crippen LogP contribution in [0.5, 0.6) is 0 Å². The molecule has 0 atom stereocenters. The molecule has 26 heavy (non-hydrogen) atoms. The number of nitrogens with zero attached hydrogens (tertiary/aromatic N) is 2. The van der Waals surface area contributed by atoms with Gasteiger partial charge in [-0.3, -0.25) is 9.69 Å². The van der Waals surface area contributed by atoms with Gasteiger partial charge in [0, 0.05) is 43.5 Å². The van der Waals surface area contributed by atoms with Crippen molar-refractivity contribution in [1.29, 1.82) is 0 Å². The number of anilines is 2. The van der Waals surface area contributed by atoms with Gasteiger partial charge in [-0.1, -0.05) is 13.8 Å². The SMILES string of the molecule is CC(C)C(=O)Nc1ccc(N2CCN(CCC3CCNCC3)CC2)cc1. The molecule has 2 fully saturated rings. The van der Waals surface area contributed by atoms with Crippen LogP contribution in [0.25, 0.3) is 0 Å². The maximum atomic E-state index is 11.8. The van der Waals surface area contributed by atoms with Gasteiger partial charge in [0.15, 0.2) is 0 Å². The first-order valence-electron chi connectivity index (χ1n) is 10.2. The first-order valence-corrected chi connectivity index (χ1v) is 10.2. The van der Waals surface area contributed by atoms with Crippen molar-refractivity contribution in [3.63, 3.8) is 0 Å². The van der Waals surface area contributed by atoms with Crippen LogP contribution in [0.15, 0.2) is 24.3 Å². The van der Waals surface area contributed by atoms with E-state index in [4.69, 9.17) is 0 Å². The molecular weight excluding hydrogens is 324 g/mol. The maximum Gasteiger partial charge on any atom is 0.226 e. The van der Waals surface area contributed by atoms with Crippen molar-refractivity contribution >= 4 is 17.3 Å². The molecular formula is C21H34N4O.